The van der Waals surface area contributed by atoms with Crippen molar-refractivity contribution in [3.05, 3.63) is 52.8 Å². The quantitative estimate of drug-likeness (QED) is 0.613. The van der Waals surface area contributed by atoms with E-state index in [0.29, 0.717) is 12.5 Å². The van der Waals surface area contributed by atoms with Gasteiger partial charge in [-0.25, -0.2) is 17.7 Å². The molecule has 0 saturated heterocycles. The van der Waals surface area contributed by atoms with Gasteiger partial charge in [0.05, 0.1) is 24.4 Å². The Morgan fingerprint density at radius 1 is 1.21 bits per heavy atom. The van der Waals surface area contributed by atoms with Crippen molar-refractivity contribution in [1.82, 2.24) is 0 Å². The minimum absolute atomic E-state index is 0.0721. The zero-order chi connectivity index (χ0) is 20.9. The number of anilines is 2. The summed E-state index contributed by atoms with van der Waals surface area (Å²) in [5, 5.41) is 18.9. The zero-order valence-electron chi connectivity index (χ0n) is 14.9. The highest BCUT2D eigenvalue weighted by atomic mass is 32.2. The minimum atomic E-state index is -2.76. The molecule has 1 aliphatic heterocycles. The number of aromatic carboxylic acids is 1. The SMILES string of the molecule is O=C(O)Cc1cc(F)ccc1N(c1ccc2c(c1C(=O)O)OCC1CC21)S(=O)O. The number of ether oxygens (including phenoxy) is 1. The number of carboxylic acid groups (broad SMARTS) is 2. The molecular formula is C19H16FNO7S. The maximum atomic E-state index is 13.7. The molecule has 2 aromatic rings. The summed E-state index contributed by atoms with van der Waals surface area (Å²) in [6, 6.07) is 6.14. The number of rotatable bonds is 6. The molecule has 1 heterocycles. The molecule has 0 bridgehead atoms. The second-order valence-electron chi connectivity index (χ2n) is 6.97. The van der Waals surface area contributed by atoms with E-state index in [9.17, 15) is 27.8 Å². The van der Waals surface area contributed by atoms with Crippen molar-refractivity contribution in [2.24, 2.45) is 5.92 Å². The second-order valence-corrected chi connectivity index (χ2v) is 7.79. The second kappa shape index (κ2) is 7.12. The lowest BCUT2D eigenvalue weighted by molar-refractivity contribution is -0.136. The molecule has 3 atom stereocenters. The van der Waals surface area contributed by atoms with Crippen LogP contribution in [-0.4, -0.2) is 37.5 Å². The van der Waals surface area contributed by atoms with Gasteiger partial charge in [0.2, 0.25) is 0 Å². The third-order valence-corrected chi connectivity index (χ3v) is 5.83. The minimum Gasteiger partial charge on any atom is -0.492 e. The van der Waals surface area contributed by atoms with E-state index < -0.39 is 35.4 Å². The number of hydrogen-bond donors (Lipinski definition) is 3. The van der Waals surface area contributed by atoms with Crippen LogP contribution in [0.2, 0.25) is 0 Å². The van der Waals surface area contributed by atoms with Crippen molar-refractivity contribution in [2.45, 2.75) is 18.8 Å². The number of carbonyl (C=O) groups is 2. The average Bonchev–Trinajstić information content (AvgIpc) is 3.42. The van der Waals surface area contributed by atoms with Crippen molar-refractivity contribution in [3.8, 4) is 5.75 Å². The summed E-state index contributed by atoms with van der Waals surface area (Å²) in [4.78, 5) is 23.2. The molecule has 3 N–H and O–H groups in total. The van der Waals surface area contributed by atoms with Crippen LogP contribution in [0.3, 0.4) is 0 Å². The molecule has 2 aliphatic rings. The fraction of sp³-hybridized carbons (Fsp3) is 0.263. The molecule has 4 rings (SSSR count). The van der Waals surface area contributed by atoms with Gasteiger partial charge < -0.3 is 14.9 Å². The topological polar surface area (TPSA) is 124 Å². The van der Waals surface area contributed by atoms with E-state index in [0.717, 1.165) is 34.5 Å². The largest absolute Gasteiger partial charge is 0.492 e. The molecule has 0 amide bonds. The maximum absolute atomic E-state index is 13.7. The summed E-state index contributed by atoms with van der Waals surface area (Å²) in [5.74, 6) is -2.66. The summed E-state index contributed by atoms with van der Waals surface area (Å²) < 4.78 is 42.2. The van der Waals surface area contributed by atoms with E-state index in [4.69, 9.17) is 9.84 Å². The van der Waals surface area contributed by atoms with E-state index in [1.165, 1.54) is 6.07 Å². The predicted molar refractivity (Wildman–Crippen MR) is 100 cm³/mol. The van der Waals surface area contributed by atoms with Crippen molar-refractivity contribution in [3.63, 3.8) is 0 Å². The Labute approximate surface area is 166 Å². The standard InChI is InChI=1S/C19H16FNO7S/c20-11-1-3-14(9(5-11)7-16(22)23)21(29(26)27)15-4-2-12-13-6-10(13)8-28-18(12)17(15)19(24)25/h1-5,10,13H,6-8H2,(H,22,23)(H,24,25)(H,26,27). The van der Waals surface area contributed by atoms with E-state index in [1.54, 1.807) is 6.07 Å². The molecular weight excluding hydrogens is 405 g/mol. The molecule has 1 saturated carbocycles. The molecule has 0 spiro atoms. The summed E-state index contributed by atoms with van der Waals surface area (Å²) in [6.45, 7) is 0.366. The van der Waals surface area contributed by atoms with Crippen LogP contribution in [0.1, 0.15) is 33.8 Å². The normalized spacial score (nSPS) is 20.1. The first-order chi connectivity index (χ1) is 13.8. The van der Waals surface area contributed by atoms with E-state index in [-0.39, 0.29) is 34.2 Å². The number of hydrogen-bond acceptors (Lipinski definition) is 4. The Morgan fingerprint density at radius 2 is 1.93 bits per heavy atom. The molecule has 0 radical (unpaired) electrons. The van der Waals surface area contributed by atoms with Crippen LogP contribution in [0.4, 0.5) is 15.8 Å². The number of benzene rings is 2. The van der Waals surface area contributed by atoms with Crippen LogP contribution < -0.4 is 9.04 Å². The fourth-order valence-corrected chi connectivity index (χ4v) is 4.44. The van der Waals surface area contributed by atoms with Gasteiger partial charge in [-0.15, -0.1) is 0 Å². The summed E-state index contributed by atoms with van der Waals surface area (Å²) >= 11 is -2.76. The Bertz CT molecular complexity index is 1060. The molecule has 10 heteroatoms. The molecule has 1 fully saturated rings. The lowest BCUT2D eigenvalue weighted by Gasteiger charge is -2.27. The number of nitrogens with zero attached hydrogens (tertiary/aromatic N) is 1. The molecule has 3 unspecified atom stereocenters. The number of fused-ring (bicyclic) bond motifs is 3. The summed E-state index contributed by atoms with van der Waals surface area (Å²) in [5.41, 5.74) is 0.139. The van der Waals surface area contributed by atoms with Gasteiger partial charge in [0.15, 0.2) is 0 Å². The van der Waals surface area contributed by atoms with Crippen molar-refractivity contribution < 1.29 is 37.7 Å². The molecule has 8 nitrogen and oxygen atoms in total. The van der Waals surface area contributed by atoms with Gasteiger partial charge in [-0.1, -0.05) is 6.07 Å². The van der Waals surface area contributed by atoms with Crippen LogP contribution in [0, 0.1) is 11.7 Å². The highest BCUT2D eigenvalue weighted by Gasteiger charge is 2.46. The van der Waals surface area contributed by atoms with Crippen LogP contribution in [-0.2, 0) is 22.5 Å². The Hall–Kier alpha value is -2.98. The third-order valence-electron chi connectivity index (χ3n) is 5.12. The van der Waals surface area contributed by atoms with Crippen LogP contribution >= 0.6 is 0 Å². The van der Waals surface area contributed by atoms with E-state index >= 15 is 0 Å². The third kappa shape index (κ3) is 3.45. The number of carboxylic acids is 2. The molecule has 152 valence electrons. The van der Waals surface area contributed by atoms with Gasteiger partial charge in [0.1, 0.15) is 17.1 Å². The first-order valence-electron chi connectivity index (χ1n) is 8.72. The van der Waals surface area contributed by atoms with Crippen molar-refractivity contribution in [2.75, 3.05) is 10.9 Å². The zero-order valence-corrected chi connectivity index (χ0v) is 15.7. The first kappa shape index (κ1) is 19.3. The van der Waals surface area contributed by atoms with E-state index in [1.807, 2.05) is 0 Å². The number of halogens is 1. The molecule has 2 aromatic carbocycles. The molecule has 29 heavy (non-hydrogen) atoms. The lowest BCUT2D eigenvalue weighted by atomic mass is 9.99. The molecule has 1 aliphatic carbocycles. The van der Waals surface area contributed by atoms with Crippen LogP contribution in [0.15, 0.2) is 30.3 Å². The molecule has 0 aromatic heterocycles. The highest BCUT2D eigenvalue weighted by molar-refractivity contribution is 7.81. The van der Waals surface area contributed by atoms with Gasteiger partial charge in [-0.3, -0.25) is 9.35 Å². The first-order valence-corrected chi connectivity index (χ1v) is 9.78. The fourth-order valence-electron chi connectivity index (χ4n) is 3.77. The van der Waals surface area contributed by atoms with Gasteiger partial charge in [0, 0.05) is 5.92 Å². The Morgan fingerprint density at radius 3 is 2.59 bits per heavy atom. The maximum Gasteiger partial charge on any atom is 0.341 e. The van der Waals surface area contributed by atoms with Crippen LogP contribution in [0.5, 0.6) is 5.75 Å². The van der Waals surface area contributed by atoms with E-state index in [2.05, 4.69) is 0 Å². The average molecular weight is 421 g/mol. The Balaban J connectivity index is 1.91. The summed E-state index contributed by atoms with van der Waals surface area (Å²) in [6.07, 6.45) is 0.274. The van der Waals surface area contributed by atoms with Crippen molar-refractivity contribution >= 4 is 34.6 Å². The van der Waals surface area contributed by atoms with Crippen molar-refractivity contribution in [1.29, 1.82) is 0 Å². The lowest BCUT2D eigenvalue weighted by Crippen LogP contribution is -2.25. The smallest absolute Gasteiger partial charge is 0.341 e. The van der Waals surface area contributed by atoms with Crippen LogP contribution in [0.25, 0.3) is 0 Å². The monoisotopic (exact) mass is 421 g/mol. The number of aliphatic carboxylic acids is 1. The van der Waals surface area contributed by atoms with Gasteiger partial charge in [-0.05, 0) is 47.7 Å². The Kier molecular flexibility index (Phi) is 4.75. The van der Waals surface area contributed by atoms with Gasteiger partial charge >= 0.3 is 11.9 Å². The highest BCUT2D eigenvalue weighted by Crippen LogP contribution is 2.56. The van der Waals surface area contributed by atoms with Gasteiger partial charge in [0.25, 0.3) is 11.3 Å². The summed E-state index contributed by atoms with van der Waals surface area (Å²) in [7, 11) is 0. The predicted octanol–water partition coefficient (Wildman–Crippen LogP) is 2.92. The van der Waals surface area contributed by atoms with Gasteiger partial charge in [-0.2, -0.15) is 0 Å².